The highest BCUT2D eigenvalue weighted by atomic mass is 19.4. The predicted octanol–water partition coefficient (Wildman–Crippen LogP) is 3.19. The molecule has 1 saturated carbocycles. The van der Waals surface area contributed by atoms with Gasteiger partial charge < -0.3 is 10.5 Å². The van der Waals surface area contributed by atoms with Gasteiger partial charge in [-0.15, -0.1) is 0 Å². The zero-order valence-electron chi connectivity index (χ0n) is 11.3. The van der Waals surface area contributed by atoms with E-state index in [1.807, 2.05) is 0 Å². The number of rotatable bonds is 5. The summed E-state index contributed by atoms with van der Waals surface area (Å²) >= 11 is 0. The Hall–Kier alpha value is -1.82. The number of hydrogen-bond acceptors (Lipinski definition) is 2. The van der Waals surface area contributed by atoms with E-state index >= 15 is 0 Å². The molecule has 0 saturated heterocycles. The normalized spacial score (nSPS) is 17.7. The standard InChI is InChI=1S/C15H16F3NO2/c16-15(17,18)12-4-1-3-11(9-12)10-21-14(6-2-7-14)8-5-13(19)20/h1,3-5,8-9H,2,6-7,10H2,(H2,19,20). The van der Waals surface area contributed by atoms with Gasteiger partial charge in [-0.1, -0.05) is 12.1 Å². The van der Waals surface area contributed by atoms with Gasteiger partial charge in [0.1, 0.15) is 0 Å². The van der Waals surface area contributed by atoms with Gasteiger partial charge in [0, 0.05) is 6.08 Å². The smallest absolute Gasteiger partial charge is 0.366 e. The fourth-order valence-corrected chi connectivity index (χ4v) is 2.18. The van der Waals surface area contributed by atoms with Crippen molar-refractivity contribution in [2.75, 3.05) is 0 Å². The van der Waals surface area contributed by atoms with Crippen LogP contribution in [0.4, 0.5) is 13.2 Å². The van der Waals surface area contributed by atoms with Crippen molar-refractivity contribution in [2.45, 2.75) is 37.6 Å². The van der Waals surface area contributed by atoms with Crippen molar-refractivity contribution in [2.24, 2.45) is 5.73 Å². The molecule has 21 heavy (non-hydrogen) atoms. The molecule has 0 unspecified atom stereocenters. The fourth-order valence-electron chi connectivity index (χ4n) is 2.18. The maximum absolute atomic E-state index is 12.6. The van der Waals surface area contributed by atoms with Crippen LogP contribution in [0.2, 0.25) is 0 Å². The van der Waals surface area contributed by atoms with Crippen molar-refractivity contribution in [3.8, 4) is 0 Å². The number of benzene rings is 1. The molecule has 1 aliphatic carbocycles. The summed E-state index contributed by atoms with van der Waals surface area (Å²) in [7, 11) is 0. The van der Waals surface area contributed by atoms with E-state index in [0.717, 1.165) is 31.4 Å². The van der Waals surface area contributed by atoms with Crippen LogP contribution >= 0.6 is 0 Å². The Bertz CT molecular complexity index is 548. The Balaban J connectivity index is 2.04. The van der Waals surface area contributed by atoms with E-state index < -0.39 is 23.2 Å². The molecule has 0 radical (unpaired) electrons. The summed E-state index contributed by atoms with van der Waals surface area (Å²) in [5.41, 5.74) is 4.22. The van der Waals surface area contributed by atoms with E-state index in [0.29, 0.717) is 5.56 Å². The number of nitrogens with two attached hydrogens (primary N) is 1. The number of hydrogen-bond donors (Lipinski definition) is 1. The molecule has 1 aromatic rings. The van der Waals surface area contributed by atoms with E-state index in [9.17, 15) is 18.0 Å². The monoisotopic (exact) mass is 299 g/mol. The molecule has 0 heterocycles. The zero-order valence-corrected chi connectivity index (χ0v) is 11.3. The van der Waals surface area contributed by atoms with Crippen LogP contribution in [0.15, 0.2) is 36.4 Å². The summed E-state index contributed by atoms with van der Waals surface area (Å²) in [5.74, 6) is -0.566. The molecule has 2 rings (SSSR count). The first kappa shape index (κ1) is 15.6. The van der Waals surface area contributed by atoms with E-state index in [1.54, 1.807) is 12.1 Å². The quantitative estimate of drug-likeness (QED) is 0.849. The number of carbonyl (C=O) groups is 1. The molecule has 114 valence electrons. The largest absolute Gasteiger partial charge is 0.416 e. The van der Waals surface area contributed by atoms with Gasteiger partial charge in [0.05, 0.1) is 17.8 Å². The minimum atomic E-state index is -4.37. The van der Waals surface area contributed by atoms with Crippen molar-refractivity contribution in [3.63, 3.8) is 0 Å². The van der Waals surface area contributed by atoms with Crippen molar-refractivity contribution in [1.29, 1.82) is 0 Å². The highest BCUT2D eigenvalue weighted by Gasteiger charge is 2.36. The highest BCUT2D eigenvalue weighted by Crippen LogP contribution is 2.38. The van der Waals surface area contributed by atoms with Gasteiger partial charge in [-0.25, -0.2) is 0 Å². The molecule has 3 nitrogen and oxygen atoms in total. The van der Waals surface area contributed by atoms with Crippen LogP contribution in [0, 0.1) is 0 Å². The third kappa shape index (κ3) is 4.07. The predicted molar refractivity (Wildman–Crippen MR) is 71.1 cm³/mol. The highest BCUT2D eigenvalue weighted by molar-refractivity contribution is 5.85. The lowest BCUT2D eigenvalue weighted by Crippen LogP contribution is -2.38. The number of carbonyl (C=O) groups excluding carboxylic acids is 1. The lowest BCUT2D eigenvalue weighted by molar-refractivity contribution is -0.137. The third-order valence-corrected chi connectivity index (χ3v) is 3.53. The van der Waals surface area contributed by atoms with Crippen LogP contribution < -0.4 is 5.73 Å². The van der Waals surface area contributed by atoms with Crippen molar-refractivity contribution in [3.05, 3.63) is 47.5 Å². The second kappa shape index (κ2) is 5.89. The van der Waals surface area contributed by atoms with Crippen LogP contribution in [0.1, 0.15) is 30.4 Å². The minimum absolute atomic E-state index is 0.0625. The molecular formula is C15H16F3NO2. The summed E-state index contributed by atoms with van der Waals surface area (Å²) in [6.07, 6.45) is 0.894. The van der Waals surface area contributed by atoms with Crippen molar-refractivity contribution < 1.29 is 22.7 Å². The molecule has 0 atom stereocenters. The van der Waals surface area contributed by atoms with E-state index in [2.05, 4.69) is 0 Å². The summed E-state index contributed by atoms with van der Waals surface area (Å²) < 4.78 is 43.6. The number of amides is 1. The van der Waals surface area contributed by atoms with Crippen LogP contribution in [0.25, 0.3) is 0 Å². The van der Waals surface area contributed by atoms with Gasteiger partial charge in [0.25, 0.3) is 0 Å². The summed E-state index contributed by atoms with van der Waals surface area (Å²) in [5, 5.41) is 0. The summed E-state index contributed by atoms with van der Waals surface area (Å²) in [4.78, 5) is 10.8. The number of primary amides is 1. The number of ether oxygens (including phenoxy) is 1. The average molecular weight is 299 g/mol. The van der Waals surface area contributed by atoms with Crippen LogP contribution in [0.5, 0.6) is 0 Å². The van der Waals surface area contributed by atoms with Gasteiger partial charge in [0.2, 0.25) is 5.91 Å². The molecule has 6 heteroatoms. The summed E-state index contributed by atoms with van der Waals surface area (Å²) in [6, 6.07) is 5.04. The second-order valence-corrected chi connectivity index (χ2v) is 5.14. The Labute approximate surface area is 120 Å². The third-order valence-electron chi connectivity index (χ3n) is 3.53. The Morgan fingerprint density at radius 3 is 2.62 bits per heavy atom. The molecule has 0 bridgehead atoms. The van der Waals surface area contributed by atoms with E-state index in [-0.39, 0.29) is 6.61 Å². The Morgan fingerprint density at radius 2 is 2.10 bits per heavy atom. The molecular weight excluding hydrogens is 283 g/mol. The van der Waals surface area contributed by atoms with Gasteiger partial charge in [0.15, 0.2) is 0 Å². The fraction of sp³-hybridized carbons (Fsp3) is 0.400. The van der Waals surface area contributed by atoms with Crippen LogP contribution in [-0.2, 0) is 22.3 Å². The molecule has 0 spiro atoms. The first-order chi connectivity index (χ1) is 9.81. The summed E-state index contributed by atoms with van der Waals surface area (Å²) in [6.45, 7) is 0.0625. The Kier molecular flexibility index (Phi) is 4.37. The van der Waals surface area contributed by atoms with Crippen molar-refractivity contribution in [1.82, 2.24) is 0 Å². The van der Waals surface area contributed by atoms with Crippen LogP contribution in [-0.4, -0.2) is 11.5 Å². The van der Waals surface area contributed by atoms with Gasteiger partial charge in [-0.05, 0) is 43.0 Å². The Morgan fingerprint density at radius 1 is 1.38 bits per heavy atom. The average Bonchev–Trinajstić information content (AvgIpc) is 2.36. The first-order valence-electron chi connectivity index (χ1n) is 6.60. The molecule has 1 amide bonds. The minimum Gasteiger partial charge on any atom is -0.366 e. The second-order valence-electron chi connectivity index (χ2n) is 5.14. The molecule has 2 N–H and O–H groups in total. The van der Waals surface area contributed by atoms with Gasteiger partial charge >= 0.3 is 6.18 Å². The molecule has 0 aromatic heterocycles. The van der Waals surface area contributed by atoms with E-state index in [1.165, 1.54) is 12.1 Å². The number of halogens is 3. The SMILES string of the molecule is NC(=O)C=CC1(OCc2cccc(C(F)(F)F)c2)CCC1. The molecule has 0 aliphatic heterocycles. The molecule has 1 aliphatic rings. The first-order valence-corrected chi connectivity index (χ1v) is 6.60. The van der Waals surface area contributed by atoms with Gasteiger partial charge in [-0.2, -0.15) is 13.2 Å². The topological polar surface area (TPSA) is 52.3 Å². The van der Waals surface area contributed by atoms with Gasteiger partial charge in [-0.3, -0.25) is 4.79 Å². The lowest BCUT2D eigenvalue weighted by Gasteiger charge is -2.39. The number of alkyl halides is 3. The van der Waals surface area contributed by atoms with E-state index in [4.69, 9.17) is 10.5 Å². The maximum atomic E-state index is 12.6. The van der Waals surface area contributed by atoms with Crippen LogP contribution in [0.3, 0.4) is 0 Å². The molecule has 1 aromatic carbocycles. The maximum Gasteiger partial charge on any atom is 0.416 e. The lowest BCUT2D eigenvalue weighted by atomic mass is 9.79. The molecule has 1 fully saturated rings. The zero-order chi connectivity index (χ0) is 15.5. The van der Waals surface area contributed by atoms with Crippen molar-refractivity contribution >= 4 is 5.91 Å².